The van der Waals surface area contributed by atoms with Crippen LogP contribution in [0, 0.1) is 10.1 Å². The highest BCUT2D eigenvalue weighted by Crippen LogP contribution is 2.13. The summed E-state index contributed by atoms with van der Waals surface area (Å²) in [7, 11) is 0. The van der Waals surface area contributed by atoms with Crippen LogP contribution < -0.4 is 0 Å². The highest BCUT2D eigenvalue weighted by molar-refractivity contribution is 6.31. The van der Waals surface area contributed by atoms with Crippen LogP contribution in [0.15, 0.2) is 18.5 Å². The standard InChI is InChI=1S/C6H5ClN2O2/c7-6-3-8-2-1-5(6)4-9(10)11/h1-3H,4H2. The average molecular weight is 173 g/mol. The summed E-state index contributed by atoms with van der Waals surface area (Å²) >= 11 is 5.60. The van der Waals surface area contributed by atoms with Gasteiger partial charge in [-0.2, -0.15) is 0 Å². The topological polar surface area (TPSA) is 56.0 Å². The van der Waals surface area contributed by atoms with Crippen LogP contribution in [-0.4, -0.2) is 9.91 Å². The summed E-state index contributed by atoms with van der Waals surface area (Å²) < 4.78 is 0. The molecule has 1 aromatic heterocycles. The molecule has 1 rings (SSSR count). The van der Waals surface area contributed by atoms with Gasteiger partial charge >= 0.3 is 0 Å². The lowest BCUT2D eigenvalue weighted by atomic mass is 10.3. The zero-order chi connectivity index (χ0) is 8.27. The van der Waals surface area contributed by atoms with E-state index in [0.717, 1.165) is 0 Å². The van der Waals surface area contributed by atoms with E-state index in [1.165, 1.54) is 18.5 Å². The van der Waals surface area contributed by atoms with Crippen molar-refractivity contribution in [2.45, 2.75) is 6.54 Å². The molecule has 4 nitrogen and oxygen atoms in total. The second kappa shape index (κ2) is 3.30. The molecule has 0 aromatic carbocycles. The van der Waals surface area contributed by atoms with Crippen molar-refractivity contribution >= 4 is 11.6 Å². The van der Waals surface area contributed by atoms with Crippen LogP contribution in [-0.2, 0) is 6.54 Å². The summed E-state index contributed by atoms with van der Waals surface area (Å²) in [5, 5.41) is 10.4. The molecule has 1 aromatic rings. The first-order chi connectivity index (χ1) is 5.20. The molecule has 0 aliphatic heterocycles. The van der Waals surface area contributed by atoms with Gasteiger partial charge in [0.05, 0.1) is 5.02 Å². The summed E-state index contributed by atoms with van der Waals surface area (Å²) in [6.45, 7) is -0.249. The van der Waals surface area contributed by atoms with Gasteiger partial charge in [0, 0.05) is 22.9 Å². The van der Waals surface area contributed by atoms with Gasteiger partial charge in [-0.05, 0) is 6.07 Å². The molecule has 0 aliphatic rings. The van der Waals surface area contributed by atoms with E-state index in [0.29, 0.717) is 10.6 Å². The predicted octanol–water partition coefficient (Wildman–Crippen LogP) is 1.51. The van der Waals surface area contributed by atoms with E-state index < -0.39 is 4.92 Å². The van der Waals surface area contributed by atoms with Gasteiger partial charge in [0.15, 0.2) is 0 Å². The van der Waals surface area contributed by atoms with Crippen LogP contribution in [0.4, 0.5) is 0 Å². The van der Waals surface area contributed by atoms with E-state index in [4.69, 9.17) is 11.6 Å². The van der Waals surface area contributed by atoms with Crippen LogP contribution in [0.25, 0.3) is 0 Å². The summed E-state index contributed by atoms with van der Waals surface area (Å²) in [5.41, 5.74) is 0.492. The zero-order valence-electron chi connectivity index (χ0n) is 5.53. The van der Waals surface area contributed by atoms with Crippen LogP contribution >= 0.6 is 11.6 Å². The van der Waals surface area contributed by atoms with Crippen LogP contribution in [0.1, 0.15) is 5.56 Å². The third-order valence-corrected chi connectivity index (χ3v) is 1.50. The molecule has 0 bridgehead atoms. The summed E-state index contributed by atoms with van der Waals surface area (Å²) in [5.74, 6) is 0. The molecule has 58 valence electrons. The maximum atomic E-state index is 10.0. The van der Waals surface area contributed by atoms with E-state index in [2.05, 4.69) is 4.98 Å². The fourth-order valence-electron chi connectivity index (χ4n) is 0.671. The van der Waals surface area contributed by atoms with Gasteiger partial charge in [-0.15, -0.1) is 0 Å². The Hall–Kier alpha value is -1.16. The predicted molar refractivity (Wildman–Crippen MR) is 39.9 cm³/mol. The summed E-state index contributed by atoms with van der Waals surface area (Å²) in [4.78, 5) is 13.3. The lowest BCUT2D eigenvalue weighted by Gasteiger charge is -1.95. The maximum Gasteiger partial charge on any atom is 0.230 e. The number of nitro groups is 1. The lowest BCUT2D eigenvalue weighted by Crippen LogP contribution is -1.98. The van der Waals surface area contributed by atoms with Gasteiger partial charge < -0.3 is 0 Å². The molecule has 11 heavy (non-hydrogen) atoms. The summed E-state index contributed by atoms with van der Waals surface area (Å²) in [6, 6.07) is 1.53. The Kier molecular flexibility index (Phi) is 2.38. The Morgan fingerprint density at radius 1 is 1.73 bits per heavy atom. The minimum absolute atomic E-state index is 0.249. The highest BCUT2D eigenvalue weighted by Gasteiger charge is 2.04. The fraction of sp³-hybridized carbons (Fsp3) is 0.167. The smallest absolute Gasteiger partial charge is 0.230 e. The van der Waals surface area contributed by atoms with Crippen molar-refractivity contribution in [3.8, 4) is 0 Å². The lowest BCUT2D eigenvalue weighted by molar-refractivity contribution is -0.496. The minimum atomic E-state index is -0.429. The molecule has 0 fully saturated rings. The van der Waals surface area contributed by atoms with Crippen LogP contribution in [0.5, 0.6) is 0 Å². The van der Waals surface area contributed by atoms with Crippen LogP contribution in [0.3, 0.4) is 0 Å². The second-order valence-corrected chi connectivity index (χ2v) is 2.37. The molecular formula is C6H5ClN2O2. The summed E-state index contributed by atoms with van der Waals surface area (Å²) in [6.07, 6.45) is 2.87. The Morgan fingerprint density at radius 3 is 3.00 bits per heavy atom. The minimum Gasteiger partial charge on any atom is -0.264 e. The highest BCUT2D eigenvalue weighted by atomic mass is 35.5. The van der Waals surface area contributed by atoms with E-state index in [9.17, 15) is 10.1 Å². The third-order valence-electron chi connectivity index (χ3n) is 1.16. The first kappa shape index (κ1) is 7.94. The number of rotatable bonds is 2. The number of hydrogen-bond acceptors (Lipinski definition) is 3. The molecule has 0 radical (unpaired) electrons. The van der Waals surface area contributed by atoms with E-state index in [1.54, 1.807) is 0 Å². The number of halogens is 1. The molecule has 0 spiro atoms. The molecule has 1 heterocycles. The monoisotopic (exact) mass is 172 g/mol. The largest absolute Gasteiger partial charge is 0.264 e. The fourth-order valence-corrected chi connectivity index (χ4v) is 0.850. The van der Waals surface area contributed by atoms with Gasteiger partial charge in [0.1, 0.15) is 0 Å². The molecule has 0 saturated heterocycles. The van der Waals surface area contributed by atoms with Crippen LogP contribution in [0.2, 0.25) is 5.02 Å². The molecule has 0 N–H and O–H groups in total. The van der Waals surface area contributed by atoms with Gasteiger partial charge in [-0.3, -0.25) is 15.1 Å². The molecule has 0 aliphatic carbocycles. The Morgan fingerprint density at radius 2 is 2.45 bits per heavy atom. The first-order valence-corrected chi connectivity index (χ1v) is 3.28. The SMILES string of the molecule is O=[N+]([O-])Cc1ccncc1Cl. The van der Waals surface area contributed by atoms with Crippen molar-refractivity contribution in [2.24, 2.45) is 0 Å². The van der Waals surface area contributed by atoms with E-state index >= 15 is 0 Å². The molecule has 5 heteroatoms. The maximum absolute atomic E-state index is 10.0. The normalized spacial score (nSPS) is 9.55. The number of nitrogens with zero attached hydrogens (tertiary/aromatic N) is 2. The van der Waals surface area contributed by atoms with Gasteiger partial charge in [0.2, 0.25) is 6.54 Å². The van der Waals surface area contributed by atoms with E-state index in [1.807, 2.05) is 0 Å². The van der Waals surface area contributed by atoms with Gasteiger partial charge in [-0.1, -0.05) is 11.6 Å². The Labute approximate surface area is 68.0 Å². The number of hydrogen-bond donors (Lipinski definition) is 0. The molecule has 0 saturated carbocycles. The average Bonchev–Trinajstić information content (AvgIpc) is 1.93. The number of aromatic nitrogens is 1. The number of pyridine rings is 1. The van der Waals surface area contributed by atoms with Crippen molar-refractivity contribution in [1.29, 1.82) is 0 Å². The first-order valence-electron chi connectivity index (χ1n) is 2.90. The molecule has 0 atom stereocenters. The van der Waals surface area contributed by atoms with Crippen molar-refractivity contribution in [1.82, 2.24) is 4.98 Å². The Balaban J connectivity index is 2.86. The van der Waals surface area contributed by atoms with Gasteiger partial charge in [-0.25, -0.2) is 0 Å². The molecule has 0 amide bonds. The van der Waals surface area contributed by atoms with Crippen molar-refractivity contribution in [3.63, 3.8) is 0 Å². The van der Waals surface area contributed by atoms with E-state index in [-0.39, 0.29) is 6.54 Å². The van der Waals surface area contributed by atoms with Crippen molar-refractivity contribution in [3.05, 3.63) is 39.2 Å². The van der Waals surface area contributed by atoms with Gasteiger partial charge in [0.25, 0.3) is 0 Å². The molecule has 0 unspecified atom stereocenters. The Bertz CT molecular complexity index is 277. The third kappa shape index (κ3) is 2.16. The van der Waals surface area contributed by atoms with Crippen molar-refractivity contribution in [2.75, 3.05) is 0 Å². The quantitative estimate of drug-likeness (QED) is 0.502. The zero-order valence-corrected chi connectivity index (χ0v) is 6.28. The van der Waals surface area contributed by atoms with Crippen molar-refractivity contribution < 1.29 is 4.92 Å². The molecular weight excluding hydrogens is 168 g/mol. The second-order valence-electron chi connectivity index (χ2n) is 1.96.